The number of nitrogens with zero attached hydrogens (tertiary/aromatic N) is 3. The van der Waals surface area contributed by atoms with E-state index in [1.165, 1.54) is 6.42 Å². The number of piperidine rings is 1. The summed E-state index contributed by atoms with van der Waals surface area (Å²) in [4.78, 5) is 22.8. The second-order valence-electron chi connectivity index (χ2n) is 5.06. The molecule has 0 spiro atoms. The van der Waals surface area contributed by atoms with Crippen molar-refractivity contribution in [3.63, 3.8) is 0 Å². The van der Waals surface area contributed by atoms with Gasteiger partial charge in [-0.15, -0.1) is 0 Å². The van der Waals surface area contributed by atoms with Crippen LogP contribution in [0, 0.1) is 0 Å². The lowest BCUT2D eigenvalue weighted by molar-refractivity contribution is 0.0629. The van der Waals surface area contributed by atoms with Crippen molar-refractivity contribution in [2.24, 2.45) is 0 Å². The number of hydrogen-bond acceptors (Lipinski definition) is 4. The van der Waals surface area contributed by atoms with Crippen LogP contribution in [-0.2, 0) is 0 Å². The molecule has 1 aliphatic rings. The molecule has 1 atom stereocenters. The van der Waals surface area contributed by atoms with E-state index in [1.807, 2.05) is 4.90 Å². The number of carbonyl (C=O) groups is 1. The molecule has 0 radical (unpaired) electrons. The first-order valence-electron chi connectivity index (χ1n) is 7.09. The van der Waals surface area contributed by atoms with Gasteiger partial charge in [-0.05, 0) is 32.6 Å². The Morgan fingerprint density at radius 2 is 2.32 bits per heavy atom. The number of amides is 1. The van der Waals surface area contributed by atoms with E-state index in [0.29, 0.717) is 17.6 Å². The molecule has 0 aliphatic carbocycles. The highest BCUT2D eigenvalue weighted by atomic mass is 16.2. The van der Waals surface area contributed by atoms with Crippen LogP contribution in [0.1, 0.15) is 50.0 Å². The quantitative estimate of drug-likeness (QED) is 0.904. The van der Waals surface area contributed by atoms with Gasteiger partial charge in [-0.1, -0.05) is 6.92 Å². The molecule has 0 saturated carbocycles. The standard InChI is InChI=1S/C14H22N4O/c1-3-7-16-13-10-15-9-12(17-13)14(19)18-8-5-4-6-11(18)2/h9-11H,3-8H2,1-2H3,(H,16,17). The van der Waals surface area contributed by atoms with Gasteiger partial charge in [0.2, 0.25) is 0 Å². The zero-order valence-electron chi connectivity index (χ0n) is 11.7. The zero-order valence-corrected chi connectivity index (χ0v) is 11.7. The smallest absolute Gasteiger partial charge is 0.274 e. The molecule has 5 heteroatoms. The van der Waals surface area contributed by atoms with Crippen LogP contribution in [0.15, 0.2) is 12.4 Å². The Kier molecular flexibility index (Phi) is 4.71. The predicted octanol–water partition coefficient (Wildman–Crippen LogP) is 2.31. The third-order valence-electron chi connectivity index (χ3n) is 3.47. The summed E-state index contributed by atoms with van der Waals surface area (Å²) < 4.78 is 0. The van der Waals surface area contributed by atoms with Gasteiger partial charge >= 0.3 is 0 Å². The summed E-state index contributed by atoms with van der Waals surface area (Å²) in [6, 6.07) is 0.301. The van der Waals surface area contributed by atoms with Gasteiger partial charge < -0.3 is 10.2 Å². The number of aromatic nitrogens is 2. The molecule has 1 unspecified atom stereocenters. The van der Waals surface area contributed by atoms with Crippen LogP contribution < -0.4 is 5.32 Å². The van der Waals surface area contributed by atoms with Crippen LogP contribution in [0.25, 0.3) is 0 Å². The number of hydrogen-bond donors (Lipinski definition) is 1. The first-order chi connectivity index (χ1) is 9.22. The Labute approximate surface area is 114 Å². The maximum absolute atomic E-state index is 12.4. The van der Waals surface area contributed by atoms with E-state index < -0.39 is 0 Å². The number of rotatable bonds is 4. The van der Waals surface area contributed by atoms with Gasteiger partial charge in [0.05, 0.1) is 12.4 Å². The second-order valence-corrected chi connectivity index (χ2v) is 5.06. The van der Waals surface area contributed by atoms with E-state index in [-0.39, 0.29) is 5.91 Å². The molecule has 1 saturated heterocycles. The minimum absolute atomic E-state index is 0.000140. The van der Waals surface area contributed by atoms with Crippen molar-refractivity contribution in [3.8, 4) is 0 Å². The molecule has 1 aromatic rings. The predicted molar refractivity (Wildman–Crippen MR) is 75.2 cm³/mol. The Balaban J connectivity index is 2.09. The molecule has 0 bridgehead atoms. The third-order valence-corrected chi connectivity index (χ3v) is 3.47. The Bertz CT molecular complexity index is 435. The van der Waals surface area contributed by atoms with E-state index in [1.54, 1.807) is 12.4 Å². The van der Waals surface area contributed by atoms with Gasteiger partial charge in [-0.2, -0.15) is 0 Å². The molecule has 1 amide bonds. The molecule has 2 heterocycles. The van der Waals surface area contributed by atoms with Crippen LogP contribution in [-0.4, -0.2) is 39.9 Å². The fourth-order valence-electron chi connectivity index (χ4n) is 2.35. The summed E-state index contributed by atoms with van der Waals surface area (Å²) in [6.07, 6.45) is 7.59. The zero-order chi connectivity index (χ0) is 13.7. The average Bonchev–Trinajstić information content (AvgIpc) is 2.45. The van der Waals surface area contributed by atoms with Gasteiger partial charge in [0.15, 0.2) is 0 Å². The maximum atomic E-state index is 12.4. The largest absolute Gasteiger partial charge is 0.369 e. The monoisotopic (exact) mass is 262 g/mol. The Hall–Kier alpha value is -1.65. The molecule has 0 aromatic carbocycles. The highest BCUT2D eigenvalue weighted by Gasteiger charge is 2.25. The highest BCUT2D eigenvalue weighted by molar-refractivity contribution is 5.92. The first kappa shape index (κ1) is 13.8. The number of likely N-dealkylation sites (tertiary alicyclic amines) is 1. The van der Waals surface area contributed by atoms with Gasteiger partial charge in [-0.3, -0.25) is 9.78 Å². The van der Waals surface area contributed by atoms with Crippen LogP contribution in [0.3, 0.4) is 0 Å². The van der Waals surface area contributed by atoms with E-state index in [4.69, 9.17) is 0 Å². The van der Waals surface area contributed by atoms with E-state index in [0.717, 1.165) is 32.4 Å². The summed E-state index contributed by atoms with van der Waals surface area (Å²) in [7, 11) is 0. The molecule has 19 heavy (non-hydrogen) atoms. The molecule has 1 N–H and O–H groups in total. The molecule has 1 aliphatic heterocycles. The second kappa shape index (κ2) is 6.50. The molecule has 2 rings (SSSR count). The summed E-state index contributed by atoms with van der Waals surface area (Å²) in [5, 5.41) is 3.16. The summed E-state index contributed by atoms with van der Waals surface area (Å²) in [6.45, 7) is 5.86. The minimum atomic E-state index is -0.000140. The molecule has 1 fully saturated rings. The van der Waals surface area contributed by atoms with Gasteiger partial charge in [0.25, 0.3) is 5.91 Å². The lowest BCUT2D eigenvalue weighted by Crippen LogP contribution is -2.42. The van der Waals surface area contributed by atoms with Crippen LogP contribution in [0.4, 0.5) is 5.82 Å². The van der Waals surface area contributed by atoms with Crippen molar-refractivity contribution < 1.29 is 4.79 Å². The van der Waals surface area contributed by atoms with Crippen molar-refractivity contribution in [2.45, 2.75) is 45.6 Å². The van der Waals surface area contributed by atoms with E-state index >= 15 is 0 Å². The van der Waals surface area contributed by atoms with Gasteiger partial charge in [0.1, 0.15) is 11.5 Å². The molecule has 1 aromatic heterocycles. The van der Waals surface area contributed by atoms with E-state index in [9.17, 15) is 4.79 Å². The van der Waals surface area contributed by atoms with Crippen molar-refractivity contribution in [3.05, 3.63) is 18.1 Å². The van der Waals surface area contributed by atoms with Crippen LogP contribution in [0.5, 0.6) is 0 Å². The lowest BCUT2D eigenvalue weighted by atomic mass is 10.0. The minimum Gasteiger partial charge on any atom is -0.369 e. The average molecular weight is 262 g/mol. The SMILES string of the molecule is CCCNc1cncc(C(=O)N2CCCCC2C)n1. The summed E-state index contributed by atoms with van der Waals surface area (Å²) in [5.41, 5.74) is 0.440. The van der Waals surface area contributed by atoms with Crippen molar-refractivity contribution in [1.82, 2.24) is 14.9 Å². The molecule has 104 valence electrons. The first-order valence-corrected chi connectivity index (χ1v) is 7.09. The topological polar surface area (TPSA) is 58.1 Å². The molecule has 5 nitrogen and oxygen atoms in total. The lowest BCUT2D eigenvalue weighted by Gasteiger charge is -2.33. The van der Waals surface area contributed by atoms with Crippen LogP contribution >= 0.6 is 0 Å². The fourth-order valence-corrected chi connectivity index (χ4v) is 2.35. The van der Waals surface area contributed by atoms with Crippen molar-refractivity contribution in [1.29, 1.82) is 0 Å². The number of carbonyl (C=O) groups excluding carboxylic acids is 1. The maximum Gasteiger partial charge on any atom is 0.274 e. The van der Waals surface area contributed by atoms with Gasteiger partial charge in [-0.25, -0.2) is 4.98 Å². The summed E-state index contributed by atoms with van der Waals surface area (Å²) in [5.74, 6) is 0.678. The Morgan fingerprint density at radius 1 is 1.47 bits per heavy atom. The highest BCUT2D eigenvalue weighted by Crippen LogP contribution is 2.18. The van der Waals surface area contributed by atoms with Crippen molar-refractivity contribution >= 4 is 11.7 Å². The van der Waals surface area contributed by atoms with E-state index in [2.05, 4.69) is 29.1 Å². The van der Waals surface area contributed by atoms with Crippen LogP contribution in [0.2, 0.25) is 0 Å². The normalized spacial score (nSPS) is 19.3. The third kappa shape index (κ3) is 3.43. The van der Waals surface area contributed by atoms with Crippen molar-refractivity contribution in [2.75, 3.05) is 18.4 Å². The Morgan fingerprint density at radius 3 is 3.05 bits per heavy atom. The molecular formula is C14H22N4O. The number of anilines is 1. The fraction of sp³-hybridized carbons (Fsp3) is 0.643. The number of nitrogens with one attached hydrogen (secondary N) is 1. The summed E-state index contributed by atoms with van der Waals surface area (Å²) >= 11 is 0. The molecular weight excluding hydrogens is 240 g/mol. The van der Waals surface area contributed by atoms with Gasteiger partial charge in [0, 0.05) is 19.1 Å².